The number of aromatic nitrogens is 1. The second-order valence-electron chi connectivity index (χ2n) is 8.80. The molecule has 2 amide bonds. The minimum Gasteiger partial charge on any atom is -0.327 e. The van der Waals surface area contributed by atoms with Crippen molar-refractivity contribution in [2.45, 2.75) is 25.4 Å². The monoisotopic (exact) mass is 501 g/mol. The molecule has 0 bridgehead atoms. The smallest absolute Gasteiger partial charge is 0.255 e. The van der Waals surface area contributed by atoms with Gasteiger partial charge in [-0.15, -0.1) is 0 Å². The molecule has 4 aromatic rings. The fourth-order valence-electron chi connectivity index (χ4n) is 4.54. The van der Waals surface area contributed by atoms with Crippen molar-refractivity contribution in [2.75, 3.05) is 5.32 Å². The van der Waals surface area contributed by atoms with Crippen molar-refractivity contribution in [3.63, 3.8) is 0 Å². The van der Waals surface area contributed by atoms with Gasteiger partial charge in [-0.1, -0.05) is 30.3 Å². The standard InChI is InChI=1S/C29H22F3N3O2/c30-21-9-4-18(5-10-21)17-35-25(28-23(29(35)37)2-1-3-24(28)32)13-15-27(36)34-26-14-8-20(16-33-26)19-6-11-22(31)12-7-19/h1-12,14,16,25H,13,15,17H2,(H,33,34,36). The molecule has 0 radical (unpaired) electrons. The molecule has 1 atom stereocenters. The lowest BCUT2D eigenvalue weighted by Gasteiger charge is -2.25. The van der Waals surface area contributed by atoms with Crippen LogP contribution in [0.5, 0.6) is 0 Å². The number of carbonyl (C=O) groups is 2. The van der Waals surface area contributed by atoms with Gasteiger partial charge < -0.3 is 10.2 Å². The highest BCUT2D eigenvalue weighted by Gasteiger charge is 2.38. The Morgan fingerprint density at radius 1 is 0.865 bits per heavy atom. The maximum Gasteiger partial charge on any atom is 0.255 e. The maximum absolute atomic E-state index is 14.8. The predicted octanol–water partition coefficient (Wildman–Crippen LogP) is 6.28. The highest BCUT2D eigenvalue weighted by Crippen LogP contribution is 2.39. The number of nitrogens with one attached hydrogen (secondary N) is 1. The minimum absolute atomic E-state index is 0.0209. The van der Waals surface area contributed by atoms with Gasteiger partial charge in [-0.25, -0.2) is 18.2 Å². The number of fused-ring (bicyclic) bond motifs is 1. The molecule has 0 fully saturated rings. The number of anilines is 1. The predicted molar refractivity (Wildman–Crippen MR) is 133 cm³/mol. The molecule has 1 N–H and O–H groups in total. The molecule has 0 aliphatic carbocycles. The van der Waals surface area contributed by atoms with Gasteiger partial charge in [0.05, 0.1) is 6.04 Å². The Morgan fingerprint density at radius 3 is 2.22 bits per heavy atom. The largest absolute Gasteiger partial charge is 0.327 e. The molecule has 2 heterocycles. The number of hydrogen-bond donors (Lipinski definition) is 1. The summed E-state index contributed by atoms with van der Waals surface area (Å²) in [5, 5.41) is 2.73. The van der Waals surface area contributed by atoms with E-state index in [4.69, 9.17) is 0 Å². The van der Waals surface area contributed by atoms with Crippen LogP contribution >= 0.6 is 0 Å². The van der Waals surface area contributed by atoms with Gasteiger partial charge in [0.25, 0.3) is 5.91 Å². The number of benzene rings is 3. The average molecular weight is 502 g/mol. The molecule has 0 saturated heterocycles. The SMILES string of the molecule is O=C(CCC1c2c(F)cccc2C(=O)N1Cc1ccc(F)cc1)Nc1ccc(-c2ccc(F)cc2)cn1. The lowest BCUT2D eigenvalue weighted by Crippen LogP contribution is -2.28. The van der Waals surface area contributed by atoms with Crippen molar-refractivity contribution in [1.29, 1.82) is 0 Å². The van der Waals surface area contributed by atoms with Crippen LogP contribution in [0, 0.1) is 17.5 Å². The number of halogens is 3. The molecule has 8 heteroatoms. The maximum atomic E-state index is 14.8. The first-order valence-electron chi connectivity index (χ1n) is 11.7. The first-order valence-corrected chi connectivity index (χ1v) is 11.7. The second kappa shape index (κ2) is 10.3. The minimum atomic E-state index is -0.645. The van der Waals surface area contributed by atoms with Crippen molar-refractivity contribution in [2.24, 2.45) is 0 Å². The third-order valence-corrected chi connectivity index (χ3v) is 6.37. The van der Waals surface area contributed by atoms with Crippen LogP contribution in [0.15, 0.2) is 85.1 Å². The van der Waals surface area contributed by atoms with E-state index in [0.29, 0.717) is 11.4 Å². The molecule has 37 heavy (non-hydrogen) atoms. The van der Waals surface area contributed by atoms with E-state index < -0.39 is 17.7 Å². The first-order chi connectivity index (χ1) is 17.9. The zero-order valence-corrected chi connectivity index (χ0v) is 19.6. The summed E-state index contributed by atoms with van der Waals surface area (Å²) in [6.45, 7) is 0.159. The van der Waals surface area contributed by atoms with Gasteiger partial charge >= 0.3 is 0 Å². The summed E-state index contributed by atoms with van der Waals surface area (Å²) < 4.78 is 41.3. The summed E-state index contributed by atoms with van der Waals surface area (Å²) in [5.74, 6) is -1.55. The third-order valence-electron chi connectivity index (χ3n) is 6.37. The van der Waals surface area contributed by atoms with Gasteiger partial charge in [-0.3, -0.25) is 9.59 Å². The van der Waals surface area contributed by atoms with Gasteiger partial charge in [-0.2, -0.15) is 0 Å². The molecule has 5 rings (SSSR count). The van der Waals surface area contributed by atoms with E-state index in [0.717, 1.165) is 11.1 Å². The van der Waals surface area contributed by atoms with E-state index in [9.17, 15) is 22.8 Å². The first kappa shape index (κ1) is 24.2. The number of carbonyl (C=O) groups excluding carboxylic acids is 2. The van der Waals surface area contributed by atoms with Gasteiger partial charge in [0, 0.05) is 35.9 Å². The molecular formula is C29H22F3N3O2. The molecule has 5 nitrogen and oxygen atoms in total. The van der Waals surface area contributed by atoms with Crippen molar-refractivity contribution < 1.29 is 22.8 Å². The quantitative estimate of drug-likeness (QED) is 0.324. The zero-order chi connectivity index (χ0) is 25.9. The number of rotatable bonds is 7. The molecular weight excluding hydrogens is 479 g/mol. The Balaban J connectivity index is 1.28. The van der Waals surface area contributed by atoms with E-state index >= 15 is 0 Å². The Hall–Kier alpha value is -4.46. The van der Waals surface area contributed by atoms with E-state index in [1.807, 2.05) is 0 Å². The molecule has 1 aliphatic heterocycles. The van der Waals surface area contributed by atoms with Crippen molar-refractivity contribution in [1.82, 2.24) is 9.88 Å². The molecule has 0 spiro atoms. The second-order valence-corrected chi connectivity index (χ2v) is 8.80. The lowest BCUT2D eigenvalue weighted by atomic mass is 9.99. The zero-order valence-electron chi connectivity index (χ0n) is 19.6. The summed E-state index contributed by atoms with van der Waals surface area (Å²) in [6, 6.07) is 18.9. The summed E-state index contributed by atoms with van der Waals surface area (Å²) in [4.78, 5) is 31.6. The average Bonchev–Trinajstić information content (AvgIpc) is 3.17. The lowest BCUT2D eigenvalue weighted by molar-refractivity contribution is -0.116. The Morgan fingerprint density at radius 2 is 1.54 bits per heavy atom. The fourth-order valence-corrected chi connectivity index (χ4v) is 4.54. The molecule has 186 valence electrons. The normalized spacial score (nSPS) is 14.5. The van der Waals surface area contributed by atoms with Crippen LogP contribution in [-0.4, -0.2) is 21.7 Å². The van der Waals surface area contributed by atoms with E-state index in [1.54, 1.807) is 48.7 Å². The molecule has 1 unspecified atom stereocenters. The Bertz CT molecular complexity index is 1440. The van der Waals surface area contributed by atoms with E-state index in [-0.39, 0.29) is 48.1 Å². The van der Waals surface area contributed by atoms with Crippen molar-refractivity contribution >= 4 is 17.6 Å². The van der Waals surface area contributed by atoms with Gasteiger partial charge in [-0.05, 0) is 66.1 Å². The topological polar surface area (TPSA) is 62.3 Å². The summed E-state index contributed by atoms with van der Waals surface area (Å²) >= 11 is 0. The summed E-state index contributed by atoms with van der Waals surface area (Å²) in [5.41, 5.74) is 2.79. The van der Waals surface area contributed by atoms with Crippen LogP contribution in [0.3, 0.4) is 0 Å². The van der Waals surface area contributed by atoms with Crippen LogP contribution < -0.4 is 5.32 Å². The number of hydrogen-bond acceptors (Lipinski definition) is 3. The highest BCUT2D eigenvalue weighted by atomic mass is 19.1. The van der Waals surface area contributed by atoms with E-state index in [1.165, 1.54) is 41.3 Å². The Labute approximate surface area is 211 Å². The van der Waals surface area contributed by atoms with Crippen LogP contribution in [-0.2, 0) is 11.3 Å². The third kappa shape index (κ3) is 5.23. The molecule has 0 saturated carbocycles. The Kier molecular flexibility index (Phi) is 6.72. The van der Waals surface area contributed by atoms with Crippen LogP contribution in [0.4, 0.5) is 19.0 Å². The van der Waals surface area contributed by atoms with Crippen LogP contribution in [0.1, 0.15) is 40.4 Å². The number of pyridine rings is 1. The summed E-state index contributed by atoms with van der Waals surface area (Å²) in [7, 11) is 0. The van der Waals surface area contributed by atoms with Crippen LogP contribution in [0.2, 0.25) is 0 Å². The van der Waals surface area contributed by atoms with Gasteiger partial charge in [0.15, 0.2) is 0 Å². The van der Waals surface area contributed by atoms with Crippen molar-refractivity contribution in [3.05, 3.63) is 119 Å². The van der Waals surface area contributed by atoms with Gasteiger partial charge in [0.2, 0.25) is 5.91 Å². The van der Waals surface area contributed by atoms with Crippen LogP contribution in [0.25, 0.3) is 11.1 Å². The molecule has 1 aromatic heterocycles. The fraction of sp³-hybridized carbons (Fsp3) is 0.138. The van der Waals surface area contributed by atoms with Gasteiger partial charge in [0.1, 0.15) is 23.3 Å². The van der Waals surface area contributed by atoms with Crippen molar-refractivity contribution in [3.8, 4) is 11.1 Å². The highest BCUT2D eigenvalue weighted by molar-refractivity contribution is 5.99. The number of amides is 2. The van der Waals surface area contributed by atoms with E-state index in [2.05, 4.69) is 10.3 Å². The molecule has 3 aromatic carbocycles. The number of nitrogens with zero attached hydrogens (tertiary/aromatic N) is 2. The summed E-state index contributed by atoms with van der Waals surface area (Å²) in [6.07, 6.45) is 1.79. The molecule has 1 aliphatic rings.